The SMILES string of the molecule is CC1(C)c2ccccc2-c2ccc(N(c3ccc(-c4cccc([Si]5(c6ccccc6)c6ccccc6-c6ccccc65)c4)cc3)c3ccc4c(c3)C(c3ccccc3)(c3ccccc3)c3ccccc3-4)cc21. The van der Waals surface area contributed by atoms with Crippen LogP contribution >= 0.6 is 0 Å². The monoisotopic (exact) mass is 933 g/mol. The van der Waals surface area contributed by atoms with Gasteiger partial charge in [0.05, 0.1) is 5.41 Å². The Balaban J connectivity index is 0.946. The number of rotatable bonds is 8. The highest BCUT2D eigenvalue weighted by Gasteiger charge is 2.49. The van der Waals surface area contributed by atoms with Gasteiger partial charge in [-0.1, -0.05) is 250 Å². The Bertz CT molecular complexity index is 3810. The van der Waals surface area contributed by atoms with Crippen LogP contribution in [0.4, 0.5) is 17.1 Å². The van der Waals surface area contributed by atoms with E-state index in [0.29, 0.717) is 0 Å². The molecule has 2 heteroatoms. The Hall–Kier alpha value is -8.56. The van der Waals surface area contributed by atoms with Crippen molar-refractivity contribution in [3.8, 4) is 44.5 Å². The Morgan fingerprint density at radius 2 is 0.736 bits per heavy atom. The smallest absolute Gasteiger partial charge is 0.180 e. The number of fused-ring (bicyclic) bond motifs is 9. The molecule has 0 saturated heterocycles. The summed E-state index contributed by atoms with van der Waals surface area (Å²) in [6.45, 7) is 4.76. The standard InChI is InChI=1S/C70H51NSi/c1-69(2)63-33-16-12-29-57(63)59-43-41-53(46-65(59)69)71(54-42-44-60-58-30-13-17-34-64(58)70(66(60)47-54,50-22-6-3-7-23-50)51-24-8-4-9-25-51)52-39-37-48(38-40-52)49-21-20-28-56(45-49)72(55-26-10-5-11-27-55)67-35-18-14-31-61(67)62-32-15-19-36-68(62)72/h3-47H,1-2H3. The van der Waals surface area contributed by atoms with Gasteiger partial charge in [-0.2, -0.15) is 0 Å². The van der Waals surface area contributed by atoms with Crippen molar-refractivity contribution in [2.75, 3.05) is 4.90 Å². The Kier molecular flexibility index (Phi) is 9.55. The van der Waals surface area contributed by atoms with E-state index in [0.717, 1.165) is 17.1 Å². The quantitative estimate of drug-likeness (QED) is 0.137. The molecule has 11 aromatic carbocycles. The van der Waals surface area contributed by atoms with E-state index in [2.05, 4.69) is 292 Å². The van der Waals surface area contributed by atoms with Crippen LogP contribution in [0.3, 0.4) is 0 Å². The second kappa shape index (κ2) is 16.2. The topological polar surface area (TPSA) is 3.24 Å². The second-order valence-electron chi connectivity index (χ2n) is 20.3. The minimum absolute atomic E-state index is 0.154. The van der Waals surface area contributed by atoms with Crippen LogP contribution in [0.2, 0.25) is 0 Å². The van der Waals surface area contributed by atoms with Crippen LogP contribution in [0.25, 0.3) is 44.5 Å². The third-order valence-corrected chi connectivity index (χ3v) is 21.3. The molecule has 0 atom stereocenters. The van der Waals surface area contributed by atoms with Crippen molar-refractivity contribution in [2.24, 2.45) is 0 Å². The third kappa shape index (κ3) is 6.00. The molecule has 0 unspecified atom stereocenters. The fourth-order valence-electron chi connectivity index (χ4n) is 13.3. The van der Waals surface area contributed by atoms with Crippen LogP contribution in [-0.2, 0) is 10.8 Å². The molecule has 0 aromatic heterocycles. The van der Waals surface area contributed by atoms with Gasteiger partial charge >= 0.3 is 0 Å². The highest BCUT2D eigenvalue weighted by Crippen LogP contribution is 2.58. The van der Waals surface area contributed by atoms with Crippen LogP contribution in [0.15, 0.2) is 273 Å². The largest absolute Gasteiger partial charge is 0.310 e. The van der Waals surface area contributed by atoms with E-state index in [1.807, 2.05) is 0 Å². The molecule has 1 aliphatic heterocycles. The molecule has 0 bridgehead atoms. The first-order valence-corrected chi connectivity index (χ1v) is 27.3. The number of nitrogens with zero attached hydrogens (tertiary/aromatic N) is 1. The van der Waals surface area contributed by atoms with Gasteiger partial charge in [0.1, 0.15) is 0 Å². The van der Waals surface area contributed by atoms with E-state index in [-0.39, 0.29) is 5.41 Å². The fourth-order valence-corrected chi connectivity index (χ4v) is 18.5. The molecular formula is C70H51NSi. The summed E-state index contributed by atoms with van der Waals surface area (Å²) >= 11 is 0. The molecule has 2 aliphatic carbocycles. The van der Waals surface area contributed by atoms with Crippen LogP contribution in [0.5, 0.6) is 0 Å². The van der Waals surface area contributed by atoms with Crippen molar-refractivity contribution in [2.45, 2.75) is 24.7 Å². The van der Waals surface area contributed by atoms with Crippen LogP contribution < -0.4 is 25.6 Å². The van der Waals surface area contributed by atoms with E-state index in [1.54, 1.807) is 0 Å². The van der Waals surface area contributed by atoms with Gasteiger partial charge in [0, 0.05) is 22.5 Å². The van der Waals surface area contributed by atoms with E-state index in [9.17, 15) is 0 Å². The van der Waals surface area contributed by atoms with Gasteiger partial charge in [-0.15, -0.1) is 0 Å². The number of benzene rings is 11. The lowest BCUT2D eigenvalue weighted by atomic mass is 9.67. The van der Waals surface area contributed by atoms with Gasteiger partial charge in [-0.3, -0.25) is 0 Å². The van der Waals surface area contributed by atoms with Gasteiger partial charge < -0.3 is 4.90 Å². The molecule has 0 amide bonds. The lowest BCUT2D eigenvalue weighted by Gasteiger charge is -2.35. The van der Waals surface area contributed by atoms with Crippen molar-refractivity contribution >= 4 is 45.9 Å². The maximum atomic E-state index is 2.50. The highest BCUT2D eigenvalue weighted by atomic mass is 28.3. The van der Waals surface area contributed by atoms with Gasteiger partial charge in [0.15, 0.2) is 8.07 Å². The second-order valence-corrected chi connectivity index (χ2v) is 24.1. The van der Waals surface area contributed by atoms with Crippen molar-refractivity contribution in [1.29, 1.82) is 0 Å². The molecular weight excluding hydrogens is 883 g/mol. The molecule has 72 heavy (non-hydrogen) atoms. The summed E-state index contributed by atoms with van der Waals surface area (Å²) in [4.78, 5) is 2.49. The van der Waals surface area contributed by atoms with Gasteiger partial charge in [-0.25, -0.2) is 0 Å². The van der Waals surface area contributed by atoms with Crippen LogP contribution in [0, 0.1) is 0 Å². The fraction of sp³-hybridized carbons (Fsp3) is 0.0571. The lowest BCUT2D eigenvalue weighted by molar-refractivity contribution is 0.660. The number of hydrogen-bond donors (Lipinski definition) is 0. The molecule has 11 aromatic rings. The summed E-state index contributed by atoms with van der Waals surface area (Å²) in [5.74, 6) is 0. The molecule has 14 rings (SSSR count). The lowest BCUT2D eigenvalue weighted by Crippen LogP contribution is -2.72. The van der Waals surface area contributed by atoms with E-state index in [1.165, 1.54) is 98.6 Å². The minimum Gasteiger partial charge on any atom is -0.310 e. The number of hydrogen-bond acceptors (Lipinski definition) is 1. The average molecular weight is 934 g/mol. The molecule has 1 heterocycles. The van der Waals surface area contributed by atoms with Crippen LogP contribution in [-0.4, -0.2) is 8.07 Å². The maximum Gasteiger partial charge on any atom is 0.180 e. The minimum atomic E-state index is -2.65. The summed E-state index contributed by atoms with van der Waals surface area (Å²) in [6, 6.07) is 103. The highest BCUT2D eigenvalue weighted by molar-refractivity contribution is 7.22. The van der Waals surface area contributed by atoms with E-state index >= 15 is 0 Å². The zero-order chi connectivity index (χ0) is 48.0. The van der Waals surface area contributed by atoms with Crippen molar-refractivity contribution < 1.29 is 0 Å². The average Bonchev–Trinajstić information content (AvgIpc) is 4.01. The summed E-state index contributed by atoms with van der Waals surface area (Å²) in [5, 5.41) is 5.73. The van der Waals surface area contributed by atoms with Gasteiger partial charge in [0.25, 0.3) is 0 Å². The summed E-state index contributed by atoms with van der Waals surface area (Å²) < 4.78 is 0. The Labute approximate surface area is 424 Å². The van der Waals surface area contributed by atoms with E-state index < -0.39 is 13.5 Å². The maximum absolute atomic E-state index is 2.65. The third-order valence-electron chi connectivity index (χ3n) is 16.4. The summed E-state index contributed by atoms with van der Waals surface area (Å²) in [7, 11) is -2.65. The first-order chi connectivity index (χ1) is 35.5. The zero-order valence-corrected chi connectivity index (χ0v) is 41.4. The van der Waals surface area contributed by atoms with Crippen molar-refractivity contribution in [1.82, 2.24) is 0 Å². The normalized spacial score (nSPS) is 14.6. The predicted octanol–water partition coefficient (Wildman–Crippen LogP) is 14.9. The van der Waals surface area contributed by atoms with Crippen LogP contribution in [0.1, 0.15) is 47.2 Å². The molecule has 1 nitrogen and oxygen atoms in total. The molecule has 0 spiro atoms. The van der Waals surface area contributed by atoms with Gasteiger partial charge in [-0.05, 0) is 135 Å². The molecule has 0 fully saturated rings. The molecule has 3 aliphatic rings. The zero-order valence-electron chi connectivity index (χ0n) is 40.4. The first-order valence-electron chi connectivity index (χ1n) is 25.3. The van der Waals surface area contributed by atoms with Crippen molar-refractivity contribution in [3.63, 3.8) is 0 Å². The Morgan fingerprint density at radius 3 is 1.35 bits per heavy atom. The van der Waals surface area contributed by atoms with Crippen molar-refractivity contribution in [3.05, 3.63) is 306 Å². The molecule has 0 saturated carbocycles. The van der Waals surface area contributed by atoms with Gasteiger partial charge in [0.2, 0.25) is 0 Å². The first kappa shape index (κ1) is 42.3. The van der Waals surface area contributed by atoms with E-state index in [4.69, 9.17) is 0 Å². The molecule has 0 radical (unpaired) electrons. The molecule has 340 valence electrons. The predicted molar refractivity (Wildman–Crippen MR) is 304 cm³/mol. The number of anilines is 3. The Morgan fingerprint density at radius 1 is 0.292 bits per heavy atom. The summed E-state index contributed by atoms with van der Waals surface area (Å²) in [6.07, 6.45) is 0. The summed E-state index contributed by atoms with van der Waals surface area (Å²) in [5.41, 5.74) is 20.9. The molecule has 0 N–H and O–H groups in total.